The van der Waals surface area contributed by atoms with Gasteiger partial charge in [0.05, 0.1) is 0 Å². The van der Waals surface area contributed by atoms with Crippen molar-refractivity contribution >= 4 is 21.7 Å². The zero-order valence-electron chi connectivity index (χ0n) is 14.1. The van der Waals surface area contributed by atoms with Crippen LogP contribution in [0.3, 0.4) is 0 Å². The number of rotatable bonds is 6. The molecule has 0 radical (unpaired) electrons. The van der Waals surface area contributed by atoms with Crippen LogP contribution in [0.25, 0.3) is 0 Å². The van der Waals surface area contributed by atoms with Crippen LogP contribution in [0.1, 0.15) is 20.7 Å². The fourth-order valence-corrected chi connectivity index (χ4v) is 3.85. The number of nitrogens with zero attached hydrogens (tertiary/aromatic N) is 2. The van der Waals surface area contributed by atoms with E-state index in [0.29, 0.717) is 11.1 Å². The molecule has 0 atom stereocenters. The summed E-state index contributed by atoms with van der Waals surface area (Å²) in [6, 6.07) is 16.9. The van der Waals surface area contributed by atoms with Crippen molar-refractivity contribution in [3.05, 3.63) is 71.8 Å². The Balaban J connectivity index is 2.01. The highest BCUT2D eigenvalue weighted by Gasteiger charge is 2.23. The molecule has 0 fully saturated rings. The highest BCUT2D eigenvalue weighted by atomic mass is 32.2. The summed E-state index contributed by atoms with van der Waals surface area (Å²) in [4.78, 5) is 26.7. The van der Waals surface area contributed by atoms with E-state index in [1.807, 2.05) is 0 Å². The molecule has 0 heterocycles. The molecule has 0 saturated carbocycles. The molecule has 0 aliphatic carbocycles. The lowest BCUT2D eigenvalue weighted by molar-refractivity contribution is 0.0813. The molecular formula is C18H20N2O4S. The minimum atomic E-state index is -3.68. The number of carbonyl (C=O) groups is 2. The summed E-state index contributed by atoms with van der Waals surface area (Å²) in [5.74, 6) is -1.71. The largest absolute Gasteiger partial charge is 0.327 e. The lowest BCUT2D eigenvalue weighted by Crippen LogP contribution is -2.38. The second-order valence-electron chi connectivity index (χ2n) is 5.74. The van der Waals surface area contributed by atoms with Crippen LogP contribution in [-0.2, 0) is 9.84 Å². The van der Waals surface area contributed by atoms with Crippen LogP contribution < -0.4 is 0 Å². The topological polar surface area (TPSA) is 74.8 Å². The number of benzene rings is 2. The molecule has 0 saturated heterocycles. The Kier molecular flexibility index (Phi) is 5.93. The zero-order valence-corrected chi connectivity index (χ0v) is 14.9. The SMILES string of the molecule is CN(CS(=O)(=O)CN(C)C(=O)c1ccccc1)C(=O)c1ccccc1. The number of amides is 2. The average Bonchev–Trinajstić information content (AvgIpc) is 2.61. The maximum Gasteiger partial charge on any atom is 0.254 e. The fraction of sp³-hybridized carbons (Fsp3) is 0.222. The minimum absolute atomic E-state index is 0.388. The standard InChI is InChI=1S/C18H20N2O4S/c1-19(17(21)15-9-5-3-6-10-15)13-25(23,24)14-20(2)18(22)16-11-7-4-8-12-16/h3-12H,13-14H2,1-2H3. The molecule has 6 nitrogen and oxygen atoms in total. The fourth-order valence-electron chi connectivity index (χ4n) is 2.35. The Morgan fingerprint density at radius 1 is 0.720 bits per heavy atom. The number of hydrogen-bond acceptors (Lipinski definition) is 4. The van der Waals surface area contributed by atoms with Crippen LogP contribution in [0.5, 0.6) is 0 Å². The van der Waals surface area contributed by atoms with Crippen molar-refractivity contribution in [3.63, 3.8) is 0 Å². The van der Waals surface area contributed by atoms with Gasteiger partial charge in [-0.2, -0.15) is 0 Å². The molecule has 7 heteroatoms. The predicted octanol–water partition coefficient (Wildman–Crippen LogP) is 1.86. The van der Waals surface area contributed by atoms with Crippen molar-refractivity contribution in [2.45, 2.75) is 0 Å². The van der Waals surface area contributed by atoms with E-state index >= 15 is 0 Å². The highest BCUT2D eigenvalue weighted by molar-refractivity contribution is 7.91. The van der Waals surface area contributed by atoms with E-state index in [9.17, 15) is 18.0 Å². The maximum atomic E-state index is 12.3. The van der Waals surface area contributed by atoms with Gasteiger partial charge < -0.3 is 9.80 Å². The summed E-state index contributed by atoms with van der Waals surface area (Å²) in [7, 11) is -0.831. The quantitative estimate of drug-likeness (QED) is 0.788. The van der Waals surface area contributed by atoms with Crippen LogP contribution >= 0.6 is 0 Å². The Hall–Kier alpha value is -2.67. The van der Waals surface area contributed by atoms with Crippen molar-refractivity contribution in [1.29, 1.82) is 0 Å². The molecule has 132 valence electrons. The summed E-state index contributed by atoms with van der Waals surface area (Å²) < 4.78 is 24.7. The first-order valence-electron chi connectivity index (χ1n) is 7.61. The molecular weight excluding hydrogens is 340 g/mol. The van der Waals surface area contributed by atoms with Crippen LogP contribution in [0.2, 0.25) is 0 Å². The molecule has 0 bridgehead atoms. The molecule has 25 heavy (non-hydrogen) atoms. The van der Waals surface area contributed by atoms with Gasteiger partial charge in [0, 0.05) is 25.2 Å². The van der Waals surface area contributed by atoms with Gasteiger partial charge in [-0.3, -0.25) is 9.59 Å². The maximum absolute atomic E-state index is 12.3. The van der Waals surface area contributed by atoms with Crippen molar-refractivity contribution < 1.29 is 18.0 Å². The summed E-state index contributed by atoms with van der Waals surface area (Å²) in [6.07, 6.45) is 0. The Labute approximate surface area is 147 Å². The van der Waals surface area contributed by atoms with E-state index < -0.39 is 21.6 Å². The molecule has 0 spiro atoms. The first-order valence-corrected chi connectivity index (χ1v) is 9.44. The minimum Gasteiger partial charge on any atom is -0.327 e. The molecule has 2 amide bonds. The Morgan fingerprint density at radius 3 is 1.36 bits per heavy atom. The third-order valence-corrected chi connectivity index (χ3v) is 5.08. The molecule has 2 rings (SSSR count). The van der Waals surface area contributed by atoms with E-state index in [4.69, 9.17) is 0 Å². The van der Waals surface area contributed by atoms with E-state index in [1.165, 1.54) is 14.1 Å². The lowest BCUT2D eigenvalue weighted by atomic mass is 10.2. The van der Waals surface area contributed by atoms with Crippen molar-refractivity contribution in [1.82, 2.24) is 9.80 Å². The second kappa shape index (κ2) is 7.94. The summed E-state index contributed by atoms with van der Waals surface area (Å²) >= 11 is 0. The summed E-state index contributed by atoms with van der Waals surface area (Å²) in [5, 5.41) is 0. The van der Waals surface area contributed by atoms with Gasteiger partial charge in [0.1, 0.15) is 11.8 Å². The summed E-state index contributed by atoms with van der Waals surface area (Å²) in [6.45, 7) is 0. The van der Waals surface area contributed by atoms with Crippen LogP contribution in [0.4, 0.5) is 0 Å². The normalized spacial score (nSPS) is 11.0. The third-order valence-electron chi connectivity index (χ3n) is 3.52. The van der Waals surface area contributed by atoms with E-state index in [0.717, 1.165) is 9.80 Å². The van der Waals surface area contributed by atoms with Crippen LogP contribution in [0, 0.1) is 0 Å². The van der Waals surface area contributed by atoms with Gasteiger partial charge in [-0.25, -0.2) is 8.42 Å². The van der Waals surface area contributed by atoms with Crippen LogP contribution in [-0.4, -0.2) is 55.9 Å². The average molecular weight is 360 g/mol. The number of carbonyl (C=O) groups excluding carboxylic acids is 2. The van der Waals surface area contributed by atoms with E-state index in [1.54, 1.807) is 60.7 Å². The number of sulfone groups is 1. The van der Waals surface area contributed by atoms with Gasteiger partial charge in [-0.05, 0) is 24.3 Å². The van der Waals surface area contributed by atoms with Gasteiger partial charge >= 0.3 is 0 Å². The van der Waals surface area contributed by atoms with Gasteiger partial charge in [0.25, 0.3) is 11.8 Å². The molecule has 2 aromatic rings. The van der Waals surface area contributed by atoms with Crippen molar-refractivity contribution in [2.75, 3.05) is 25.8 Å². The molecule has 0 aliphatic heterocycles. The highest BCUT2D eigenvalue weighted by Crippen LogP contribution is 2.08. The molecule has 0 N–H and O–H groups in total. The molecule has 0 aliphatic rings. The van der Waals surface area contributed by atoms with Gasteiger partial charge in [0.2, 0.25) is 0 Å². The van der Waals surface area contributed by atoms with Crippen molar-refractivity contribution in [2.24, 2.45) is 0 Å². The monoisotopic (exact) mass is 360 g/mol. The zero-order chi connectivity index (χ0) is 18.4. The molecule has 0 unspecified atom stereocenters. The Morgan fingerprint density at radius 2 is 1.04 bits per heavy atom. The van der Waals surface area contributed by atoms with E-state index in [-0.39, 0.29) is 11.8 Å². The summed E-state index contributed by atoms with van der Waals surface area (Å²) in [5.41, 5.74) is 0.822. The lowest BCUT2D eigenvalue weighted by Gasteiger charge is -2.21. The molecule has 0 aromatic heterocycles. The Bertz CT molecular complexity index is 770. The van der Waals surface area contributed by atoms with Gasteiger partial charge in [-0.1, -0.05) is 36.4 Å². The second-order valence-corrected chi connectivity index (χ2v) is 7.74. The smallest absolute Gasteiger partial charge is 0.254 e. The molecule has 2 aromatic carbocycles. The first kappa shape index (κ1) is 18.7. The first-order chi connectivity index (χ1) is 11.8. The van der Waals surface area contributed by atoms with Crippen LogP contribution in [0.15, 0.2) is 60.7 Å². The van der Waals surface area contributed by atoms with Gasteiger partial charge in [0.15, 0.2) is 9.84 Å². The van der Waals surface area contributed by atoms with E-state index in [2.05, 4.69) is 0 Å². The van der Waals surface area contributed by atoms with Crippen molar-refractivity contribution in [3.8, 4) is 0 Å². The van der Waals surface area contributed by atoms with Gasteiger partial charge in [-0.15, -0.1) is 0 Å². The third kappa shape index (κ3) is 5.15. The number of hydrogen-bond donors (Lipinski definition) is 0. The predicted molar refractivity (Wildman–Crippen MR) is 95.7 cm³/mol.